The topological polar surface area (TPSA) is 3.88 Å². The minimum atomic E-state index is 1.09. The summed E-state index contributed by atoms with van der Waals surface area (Å²) in [6.07, 6.45) is 4.42. The number of benzene rings is 2. The summed E-state index contributed by atoms with van der Waals surface area (Å²) >= 11 is 0. The molecule has 22 heavy (non-hydrogen) atoms. The van der Waals surface area contributed by atoms with E-state index >= 15 is 0 Å². The summed E-state index contributed by atoms with van der Waals surface area (Å²) < 4.78 is 2.32. The van der Waals surface area contributed by atoms with Crippen LogP contribution < -0.4 is 4.57 Å². The van der Waals surface area contributed by atoms with Crippen molar-refractivity contribution in [1.82, 2.24) is 0 Å². The summed E-state index contributed by atoms with van der Waals surface area (Å²) in [6, 6.07) is 23.6. The number of hydrogen-bond donors (Lipinski definition) is 0. The van der Waals surface area contributed by atoms with E-state index < -0.39 is 0 Å². The maximum Gasteiger partial charge on any atom is 0.214 e. The molecule has 3 rings (SSSR count). The molecule has 2 aromatic carbocycles. The average molecular weight is 288 g/mol. The van der Waals surface area contributed by atoms with Crippen molar-refractivity contribution in [2.24, 2.45) is 0 Å². The van der Waals surface area contributed by atoms with E-state index in [0.717, 1.165) is 12.8 Å². The van der Waals surface area contributed by atoms with Crippen molar-refractivity contribution < 1.29 is 4.57 Å². The van der Waals surface area contributed by atoms with Crippen molar-refractivity contribution in [2.75, 3.05) is 0 Å². The van der Waals surface area contributed by atoms with Gasteiger partial charge in [-0.2, -0.15) is 4.57 Å². The van der Waals surface area contributed by atoms with Crippen LogP contribution in [0.15, 0.2) is 72.9 Å². The van der Waals surface area contributed by atoms with E-state index in [1.807, 2.05) is 0 Å². The van der Waals surface area contributed by atoms with Crippen LogP contribution in [0.3, 0.4) is 0 Å². The molecule has 1 aromatic heterocycles. The van der Waals surface area contributed by atoms with Gasteiger partial charge in [0.05, 0.1) is 0 Å². The van der Waals surface area contributed by atoms with E-state index in [-0.39, 0.29) is 0 Å². The third kappa shape index (κ3) is 2.80. The molecule has 1 heterocycles. The Bertz CT molecular complexity index is 760. The monoisotopic (exact) mass is 288 g/mol. The summed E-state index contributed by atoms with van der Waals surface area (Å²) in [5.74, 6) is 0. The van der Waals surface area contributed by atoms with Crippen molar-refractivity contribution in [3.8, 4) is 16.8 Å². The Labute approximate surface area is 132 Å². The zero-order valence-corrected chi connectivity index (χ0v) is 13.3. The van der Waals surface area contributed by atoms with Gasteiger partial charge in [-0.05, 0) is 24.5 Å². The molecule has 0 amide bonds. The Morgan fingerprint density at radius 3 is 2.36 bits per heavy atom. The fourth-order valence-corrected chi connectivity index (χ4v) is 2.99. The first-order chi connectivity index (χ1) is 10.8. The summed E-state index contributed by atoms with van der Waals surface area (Å²) in [4.78, 5) is 0. The fourth-order valence-electron chi connectivity index (χ4n) is 2.99. The highest BCUT2D eigenvalue weighted by Crippen LogP contribution is 2.25. The van der Waals surface area contributed by atoms with Gasteiger partial charge in [-0.1, -0.05) is 55.5 Å². The van der Waals surface area contributed by atoms with Gasteiger partial charge in [0.1, 0.15) is 0 Å². The molecule has 110 valence electrons. The van der Waals surface area contributed by atoms with Crippen LogP contribution in [0.5, 0.6) is 0 Å². The first-order valence-electron chi connectivity index (χ1n) is 7.96. The number of pyridine rings is 1. The SMILES string of the molecule is CCCc1cccc[n+]1-c1cccc(-c2ccccc2)c1C. The van der Waals surface area contributed by atoms with Gasteiger partial charge in [0.2, 0.25) is 5.69 Å². The first-order valence-corrected chi connectivity index (χ1v) is 7.96. The van der Waals surface area contributed by atoms with Crippen molar-refractivity contribution in [1.29, 1.82) is 0 Å². The van der Waals surface area contributed by atoms with Gasteiger partial charge >= 0.3 is 0 Å². The number of aryl methyl sites for hydroxylation is 1. The molecule has 0 fully saturated rings. The van der Waals surface area contributed by atoms with E-state index in [0.29, 0.717) is 0 Å². The summed E-state index contributed by atoms with van der Waals surface area (Å²) in [7, 11) is 0. The third-order valence-electron chi connectivity index (χ3n) is 4.10. The van der Waals surface area contributed by atoms with Crippen LogP contribution in [0.25, 0.3) is 16.8 Å². The molecular weight excluding hydrogens is 266 g/mol. The second-order valence-corrected chi connectivity index (χ2v) is 5.63. The third-order valence-corrected chi connectivity index (χ3v) is 4.10. The van der Waals surface area contributed by atoms with E-state index in [4.69, 9.17) is 0 Å². The molecule has 0 saturated carbocycles. The van der Waals surface area contributed by atoms with Crippen LogP contribution in [-0.2, 0) is 6.42 Å². The van der Waals surface area contributed by atoms with E-state index in [1.165, 1.54) is 28.1 Å². The second-order valence-electron chi connectivity index (χ2n) is 5.63. The summed E-state index contributed by atoms with van der Waals surface area (Å²) in [6.45, 7) is 4.44. The maximum atomic E-state index is 2.32. The minimum Gasteiger partial charge on any atom is -0.164 e. The zero-order chi connectivity index (χ0) is 15.4. The van der Waals surface area contributed by atoms with Crippen molar-refractivity contribution >= 4 is 0 Å². The molecule has 0 bridgehead atoms. The van der Waals surface area contributed by atoms with E-state index in [2.05, 4.69) is 91.3 Å². The fraction of sp³-hybridized carbons (Fsp3) is 0.190. The Morgan fingerprint density at radius 2 is 1.59 bits per heavy atom. The van der Waals surface area contributed by atoms with Crippen molar-refractivity contribution in [3.05, 3.63) is 84.2 Å². The van der Waals surface area contributed by atoms with Crippen molar-refractivity contribution in [2.45, 2.75) is 26.7 Å². The van der Waals surface area contributed by atoms with Gasteiger partial charge in [0, 0.05) is 30.2 Å². The lowest BCUT2D eigenvalue weighted by molar-refractivity contribution is -0.604. The largest absolute Gasteiger partial charge is 0.214 e. The molecular formula is C21H22N+. The Morgan fingerprint density at radius 1 is 0.818 bits per heavy atom. The number of nitrogens with zero attached hydrogens (tertiary/aromatic N) is 1. The van der Waals surface area contributed by atoms with Gasteiger partial charge in [-0.25, -0.2) is 0 Å². The predicted molar refractivity (Wildman–Crippen MR) is 92.1 cm³/mol. The number of aromatic nitrogens is 1. The predicted octanol–water partition coefficient (Wildman–Crippen LogP) is 4.89. The lowest BCUT2D eigenvalue weighted by Crippen LogP contribution is -2.36. The quantitative estimate of drug-likeness (QED) is 0.602. The van der Waals surface area contributed by atoms with Crippen LogP contribution in [0.2, 0.25) is 0 Å². The lowest BCUT2D eigenvalue weighted by atomic mass is 9.99. The highest BCUT2D eigenvalue weighted by Gasteiger charge is 2.17. The normalized spacial score (nSPS) is 10.6. The highest BCUT2D eigenvalue weighted by atomic mass is 15.0. The average Bonchev–Trinajstić information content (AvgIpc) is 2.57. The van der Waals surface area contributed by atoms with E-state index in [1.54, 1.807) is 0 Å². The Balaban J connectivity index is 2.14. The molecule has 0 N–H and O–H groups in total. The van der Waals surface area contributed by atoms with Crippen LogP contribution in [0.4, 0.5) is 0 Å². The molecule has 0 aliphatic rings. The Hall–Kier alpha value is -2.41. The smallest absolute Gasteiger partial charge is 0.164 e. The standard InChI is InChI=1S/C21H22N/c1-3-10-19-13-7-8-16-22(19)21-15-9-14-20(17(21)2)18-11-5-4-6-12-18/h4-9,11-16H,3,10H2,1-2H3/q+1. The summed E-state index contributed by atoms with van der Waals surface area (Å²) in [5, 5.41) is 0. The number of rotatable bonds is 4. The zero-order valence-electron chi connectivity index (χ0n) is 13.3. The van der Waals surface area contributed by atoms with Crippen LogP contribution in [-0.4, -0.2) is 0 Å². The lowest BCUT2D eigenvalue weighted by Gasteiger charge is -2.09. The van der Waals surface area contributed by atoms with Crippen LogP contribution in [0.1, 0.15) is 24.6 Å². The molecule has 1 nitrogen and oxygen atoms in total. The summed E-state index contributed by atoms with van der Waals surface area (Å²) in [5.41, 5.74) is 6.53. The molecule has 0 atom stereocenters. The van der Waals surface area contributed by atoms with E-state index in [9.17, 15) is 0 Å². The second kappa shape index (κ2) is 6.57. The molecule has 3 aromatic rings. The van der Waals surface area contributed by atoms with Gasteiger partial charge in [0.25, 0.3) is 0 Å². The van der Waals surface area contributed by atoms with Gasteiger partial charge < -0.3 is 0 Å². The molecule has 0 radical (unpaired) electrons. The number of hydrogen-bond acceptors (Lipinski definition) is 0. The van der Waals surface area contributed by atoms with Gasteiger partial charge in [-0.3, -0.25) is 0 Å². The molecule has 1 heteroatoms. The molecule has 0 aliphatic heterocycles. The molecule has 0 unspecified atom stereocenters. The van der Waals surface area contributed by atoms with Crippen molar-refractivity contribution in [3.63, 3.8) is 0 Å². The first kappa shape index (κ1) is 14.5. The molecule has 0 spiro atoms. The Kier molecular flexibility index (Phi) is 4.34. The minimum absolute atomic E-state index is 1.09. The molecule has 0 aliphatic carbocycles. The highest BCUT2D eigenvalue weighted by molar-refractivity contribution is 5.69. The van der Waals surface area contributed by atoms with Crippen LogP contribution in [0, 0.1) is 6.92 Å². The molecule has 0 saturated heterocycles. The van der Waals surface area contributed by atoms with Gasteiger partial charge in [-0.15, -0.1) is 0 Å². The van der Waals surface area contributed by atoms with Crippen LogP contribution >= 0.6 is 0 Å². The van der Waals surface area contributed by atoms with Gasteiger partial charge in [0.15, 0.2) is 11.9 Å². The maximum absolute atomic E-state index is 2.32.